The first-order valence-electron chi connectivity index (χ1n) is 15.1. The Balaban J connectivity index is 1.24. The summed E-state index contributed by atoms with van der Waals surface area (Å²) in [5.41, 5.74) is 3.60. The van der Waals surface area contributed by atoms with Crippen LogP contribution in [0.5, 0.6) is 17.2 Å². The third-order valence-corrected chi connectivity index (χ3v) is 8.06. The van der Waals surface area contributed by atoms with Gasteiger partial charge in [0.05, 0.1) is 18.8 Å². The molecule has 0 saturated carbocycles. The fourth-order valence-electron chi connectivity index (χ4n) is 5.68. The number of aromatic amines is 1. The first-order valence-corrected chi connectivity index (χ1v) is 15.1. The topological polar surface area (TPSA) is 135 Å². The van der Waals surface area contributed by atoms with E-state index >= 15 is 0 Å². The van der Waals surface area contributed by atoms with Crippen LogP contribution in [0.3, 0.4) is 0 Å². The van der Waals surface area contributed by atoms with Crippen LogP contribution in [-0.4, -0.2) is 71.8 Å². The second-order valence-corrected chi connectivity index (χ2v) is 11.3. The lowest BCUT2D eigenvalue weighted by Gasteiger charge is -2.39. The van der Waals surface area contributed by atoms with Crippen molar-refractivity contribution in [1.29, 1.82) is 0 Å². The van der Waals surface area contributed by atoms with Crippen molar-refractivity contribution in [2.24, 2.45) is 0 Å². The van der Waals surface area contributed by atoms with E-state index < -0.39 is 23.9 Å². The molecular weight excluding hydrogens is 593 g/mol. The molecule has 0 radical (unpaired) electrons. The zero-order valence-corrected chi connectivity index (χ0v) is 25.3. The van der Waals surface area contributed by atoms with Gasteiger partial charge in [-0.05, 0) is 65.6 Å². The highest BCUT2D eigenvalue weighted by Crippen LogP contribution is 2.29. The highest BCUT2D eigenvalue weighted by Gasteiger charge is 2.35. The average Bonchev–Trinajstić information content (AvgIpc) is 3.61. The number of carbonyl (C=O) groups is 3. The molecule has 46 heavy (non-hydrogen) atoms. The maximum Gasteiger partial charge on any atom is 0.258 e. The molecule has 3 amide bonds. The van der Waals surface area contributed by atoms with Crippen molar-refractivity contribution in [2.75, 3.05) is 26.8 Å². The van der Waals surface area contributed by atoms with Crippen molar-refractivity contribution in [3.63, 3.8) is 0 Å². The lowest BCUT2D eigenvalue weighted by molar-refractivity contribution is -0.125. The number of fused-ring (bicyclic) bond motifs is 5. The van der Waals surface area contributed by atoms with E-state index in [4.69, 9.17) is 14.2 Å². The van der Waals surface area contributed by atoms with Gasteiger partial charge >= 0.3 is 0 Å². The molecule has 2 atom stereocenters. The number of aromatic nitrogens is 2. The van der Waals surface area contributed by atoms with Crippen molar-refractivity contribution < 1.29 is 33.0 Å². The van der Waals surface area contributed by atoms with E-state index in [9.17, 15) is 18.8 Å². The molecule has 2 aliphatic heterocycles. The predicted octanol–water partition coefficient (Wildman–Crippen LogP) is 3.64. The number of likely N-dealkylation sites (tertiary alicyclic amines) is 1. The third-order valence-electron chi connectivity index (χ3n) is 8.06. The SMILES string of the molecule is COc1ccc2cc1OCC(=O)N[C@@H]1CN(C(=O)c3ccc(-c4ccn[nH]4)cc3)CC[C@H]1Oc1cc(F)cc(c1)CNC(=O)CC2. The van der Waals surface area contributed by atoms with Crippen molar-refractivity contribution >= 4 is 17.7 Å². The molecule has 12 heteroatoms. The van der Waals surface area contributed by atoms with Crippen LogP contribution in [0.15, 0.2) is 72.9 Å². The number of H-pyrrole nitrogens is 1. The highest BCUT2D eigenvalue weighted by atomic mass is 19.1. The van der Waals surface area contributed by atoms with Gasteiger partial charge in [0, 0.05) is 50.3 Å². The molecule has 1 fully saturated rings. The Morgan fingerprint density at radius 3 is 2.63 bits per heavy atom. The van der Waals surface area contributed by atoms with Gasteiger partial charge in [-0.3, -0.25) is 19.5 Å². The van der Waals surface area contributed by atoms with Gasteiger partial charge in [-0.2, -0.15) is 5.10 Å². The molecule has 4 aromatic rings. The van der Waals surface area contributed by atoms with Gasteiger partial charge < -0.3 is 29.7 Å². The minimum Gasteiger partial charge on any atom is -0.493 e. The molecule has 1 aromatic heterocycles. The van der Waals surface area contributed by atoms with E-state index in [1.54, 1.807) is 41.4 Å². The first kappa shape index (κ1) is 30.6. The van der Waals surface area contributed by atoms with Crippen LogP contribution in [-0.2, 0) is 22.6 Å². The Morgan fingerprint density at radius 1 is 1.00 bits per heavy atom. The van der Waals surface area contributed by atoms with Gasteiger partial charge in [0.1, 0.15) is 17.7 Å². The monoisotopic (exact) mass is 627 g/mol. The van der Waals surface area contributed by atoms with Crippen LogP contribution in [0.25, 0.3) is 11.3 Å². The molecule has 3 heterocycles. The van der Waals surface area contributed by atoms with E-state index in [0.717, 1.165) is 16.8 Å². The van der Waals surface area contributed by atoms with Crippen LogP contribution in [0.1, 0.15) is 34.3 Å². The van der Waals surface area contributed by atoms with Gasteiger partial charge in [-0.15, -0.1) is 0 Å². The molecule has 11 nitrogen and oxygen atoms in total. The summed E-state index contributed by atoms with van der Waals surface area (Å²) in [5.74, 6) is -0.242. The average molecular weight is 628 g/mol. The van der Waals surface area contributed by atoms with E-state index in [1.807, 2.05) is 24.3 Å². The number of ether oxygens (including phenoxy) is 3. The number of halogens is 1. The molecular formula is C34H34FN5O6. The van der Waals surface area contributed by atoms with Crippen molar-refractivity contribution in [1.82, 2.24) is 25.7 Å². The summed E-state index contributed by atoms with van der Waals surface area (Å²) in [6.45, 7) is 0.318. The van der Waals surface area contributed by atoms with Crippen molar-refractivity contribution in [3.05, 3.63) is 95.4 Å². The molecule has 2 aliphatic rings. The van der Waals surface area contributed by atoms with Crippen LogP contribution < -0.4 is 24.8 Å². The summed E-state index contributed by atoms with van der Waals surface area (Å²) in [4.78, 5) is 41.0. The maximum absolute atomic E-state index is 14.6. The van der Waals surface area contributed by atoms with Gasteiger partial charge in [-0.1, -0.05) is 18.2 Å². The zero-order valence-electron chi connectivity index (χ0n) is 25.3. The van der Waals surface area contributed by atoms with Gasteiger partial charge in [-0.25, -0.2) is 4.39 Å². The Hall–Kier alpha value is -5.39. The normalized spacial score (nSPS) is 18.9. The summed E-state index contributed by atoms with van der Waals surface area (Å²) in [7, 11) is 1.51. The number of methoxy groups -OCH3 is 1. The molecule has 1 saturated heterocycles. The maximum atomic E-state index is 14.6. The molecule has 0 spiro atoms. The molecule has 3 N–H and O–H groups in total. The summed E-state index contributed by atoms with van der Waals surface area (Å²) in [5, 5.41) is 12.7. The van der Waals surface area contributed by atoms with Crippen molar-refractivity contribution in [3.8, 4) is 28.5 Å². The largest absolute Gasteiger partial charge is 0.493 e. The van der Waals surface area contributed by atoms with Gasteiger partial charge in [0.2, 0.25) is 5.91 Å². The number of benzene rings is 3. The number of carbonyl (C=O) groups excluding carboxylic acids is 3. The third kappa shape index (κ3) is 7.28. The Morgan fingerprint density at radius 2 is 1.85 bits per heavy atom. The number of aryl methyl sites for hydroxylation is 1. The second-order valence-electron chi connectivity index (χ2n) is 11.3. The first-order chi connectivity index (χ1) is 22.3. The summed E-state index contributed by atoms with van der Waals surface area (Å²) >= 11 is 0. The molecule has 3 aromatic carbocycles. The van der Waals surface area contributed by atoms with E-state index in [-0.39, 0.29) is 43.7 Å². The van der Waals surface area contributed by atoms with Gasteiger partial charge in [0.25, 0.3) is 11.8 Å². The fourth-order valence-corrected chi connectivity index (χ4v) is 5.68. The number of nitrogens with zero attached hydrogens (tertiary/aromatic N) is 2. The van der Waals surface area contributed by atoms with E-state index in [0.29, 0.717) is 42.0 Å². The lowest BCUT2D eigenvalue weighted by atomic mass is 10.00. The standard InChI is InChI=1S/C34H34FN5O6/c1-44-30-8-2-21-3-9-32(41)36-18-22-14-25(35)17-26(15-22)46-29-11-13-40(19-28(29)38-33(42)20-45-31(30)16-21)34(43)24-6-4-23(5-7-24)27-10-12-37-39-27/h2,4-8,10,12,14-17,28-29H,3,9,11,13,18-20H2,1H3,(H,36,41)(H,37,39)(H,38,42)/t28-,29-/m1/s1. The number of hydrogen-bond donors (Lipinski definition) is 3. The molecule has 6 rings (SSSR count). The quantitative estimate of drug-likeness (QED) is 0.316. The van der Waals surface area contributed by atoms with Crippen LogP contribution in [0, 0.1) is 5.82 Å². The number of rotatable bonds is 3. The Bertz CT molecular complexity index is 1710. The summed E-state index contributed by atoms with van der Waals surface area (Å²) in [6, 6.07) is 18.0. The van der Waals surface area contributed by atoms with E-state index in [2.05, 4.69) is 20.8 Å². The van der Waals surface area contributed by atoms with Crippen molar-refractivity contribution in [2.45, 2.75) is 38.0 Å². The smallest absolute Gasteiger partial charge is 0.258 e. The van der Waals surface area contributed by atoms with Gasteiger partial charge in [0.15, 0.2) is 18.1 Å². The minimum atomic E-state index is -0.628. The van der Waals surface area contributed by atoms with Crippen LogP contribution in [0.2, 0.25) is 0 Å². The molecule has 0 aliphatic carbocycles. The molecule has 4 bridgehead atoms. The minimum absolute atomic E-state index is 0.121. The van der Waals surface area contributed by atoms with E-state index in [1.165, 1.54) is 19.2 Å². The Labute approximate surface area is 265 Å². The number of piperidine rings is 1. The van der Waals surface area contributed by atoms with Crippen LogP contribution in [0.4, 0.5) is 4.39 Å². The summed E-state index contributed by atoms with van der Waals surface area (Å²) < 4.78 is 32.1. The zero-order chi connectivity index (χ0) is 32.0. The molecule has 0 unspecified atom stereocenters. The van der Waals surface area contributed by atoms with Crippen LogP contribution >= 0.6 is 0 Å². The lowest BCUT2D eigenvalue weighted by Crippen LogP contribution is -2.58. The number of nitrogens with one attached hydrogen (secondary N) is 3. The highest BCUT2D eigenvalue weighted by molar-refractivity contribution is 5.95. The number of hydrogen-bond acceptors (Lipinski definition) is 7. The second kappa shape index (κ2) is 13.7. The summed E-state index contributed by atoms with van der Waals surface area (Å²) in [6.07, 6.45) is 2.10. The fraction of sp³-hybridized carbons (Fsp3) is 0.294. The Kier molecular flexibility index (Phi) is 9.13. The number of amides is 3. The molecule has 238 valence electrons. The predicted molar refractivity (Wildman–Crippen MR) is 166 cm³/mol.